The lowest BCUT2D eigenvalue weighted by Gasteiger charge is -2.53. The molecular formula is C65H60N4. The van der Waals surface area contributed by atoms with Gasteiger partial charge in [0, 0.05) is 39.2 Å². The summed E-state index contributed by atoms with van der Waals surface area (Å²) < 4.78 is 0. The van der Waals surface area contributed by atoms with Crippen molar-refractivity contribution in [2.75, 3.05) is 9.80 Å². The number of rotatable bonds is 8. The quantitative estimate of drug-likeness (QED) is 0.143. The maximum atomic E-state index is 9.89. The Hall–Kier alpha value is -7.66. The molecule has 0 saturated heterocycles. The molecule has 340 valence electrons. The summed E-state index contributed by atoms with van der Waals surface area (Å²) in [5, 5.41) is 27.0. The van der Waals surface area contributed by atoms with Gasteiger partial charge in [0.1, 0.15) is 0 Å². The van der Waals surface area contributed by atoms with E-state index in [-0.39, 0.29) is 10.8 Å². The molecule has 0 N–H and O–H groups in total. The molecule has 4 heteroatoms. The maximum absolute atomic E-state index is 9.89. The van der Waals surface area contributed by atoms with E-state index in [0.29, 0.717) is 23.0 Å². The zero-order valence-electron chi connectivity index (χ0n) is 41.6. The van der Waals surface area contributed by atoms with E-state index < -0.39 is 5.41 Å². The molecule has 0 aliphatic heterocycles. The minimum absolute atomic E-state index is 0.274. The molecule has 4 nitrogen and oxygen atoms in total. The summed E-state index contributed by atoms with van der Waals surface area (Å²) in [4.78, 5) is 4.73. The van der Waals surface area contributed by atoms with Crippen LogP contribution in [-0.2, 0) is 5.41 Å². The van der Waals surface area contributed by atoms with Gasteiger partial charge in [0.2, 0.25) is 0 Å². The number of hydrogen-bond donors (Lipinski definition) is 0. The van der Waals surface area contributed by atoms with Crippen molar-refractivity contribution in [2.24, 2.45) is 10.8 Å². The molecule has 9 aromatic carbocycles. The Bertz CT molecular complexity index is 3500. The highest BCUT2D eigenvalue weighted by Crippen LogP contribution is 2.69. The fourth-order valence-electron chi connectivity index (χ4n) is 12.2. The molecule has 0 unspecified atom stereocenters. The van der Waals surface area contributed by atoms with Crippen LogP contribution in [0.15, 0.2) is 170 Å². The van der Waals surface area contributed by atoms with Gasteiger partial charge in [-0.1, -0.05) is 148 Å². The summed E-state index contributed by atoms with van der Waals surface area (Å²) in [6, 6.07) is 66.3. The molecule has 0 heterocycles. The minimum Gasteiger partial charge on any atom is -0.310 e. The predicted octanol–water partition coefficient (Wildman–Crippen LogP) is 18.4. The second-order valence-corrected chi connectivity index (χ2v) is 21.6. The number of benzene rings is 9. The van der Waals surface area contributed by atoms with E-state index >= 15 is 0 Å². The highest BCUT2D eigenvalue weighted by molar-refractivity contribution is 6.23. The standard InChI is InChI=1S/C65H60N4/c1-41(2)45-23-31-48(32-24-45)68(47-27-19-43(39-66)20-28-47)51-35-36-56-57(37-51)52-15-11-13-17-54(52)61-60-55-18-14-12-16-53(55)59(38-58(60)65(62(56)61,63(5,6)7)64(8,9)10)69(49-29-21-44(40-67)22-30-49)50-33-25-46(26-34-50)42(3)4/h11-38,41-42H,1-10H3. The van der Waals surface area contributed by atoms with Crippen LogP contribution in [0, 0.1) is 33.5 Å². The zero-order valence-corrected chi connectivity index (χ0v) is 41.6. The molecule has 1 aliphatic rings. The van der Waals surface area contributed by atoms with Gasteiger partial charge in [-0.15, -0.1) is 0 Å². The van der Waals surface area contributed by atoms with Crippen LogP contribution >= 0.6 is 0 Å². The average molecular weight is 897 g/mol. The molecule has 9 aromatic rings. The van der Waals surface area contributed by atoms with Crippen LogP contribution in [0.1, 0.15) is 114 Å². The summed E-state index contributed by atoms with van der Waals surface area (Å²) in [6.45, 7) is 23.6. The third kappa shape index (κ3) is 7.16. The van der Waals surface area contributed by atoms with Crippen LogP contribution in [0.3, 0.4) is 0 Å². The Labute approximate surface area is 408 Å². The van der Waals surface area contributed by atoms with Crippen LogP contribution in [0.5, 0.6) is 0 Å². The smallest absolute Gasteiger partial charge is 0.0991 e. The number of hydrogen-bond acceptors (Lipinski definition) is 4. The van der Waals surface area contributed by atoms with Crippen molar-refractivity contribution in [1.82, 2.24) is 0 Å². The third-order valence-electron chi connectivity index (χ3n) is 15.0. The van der Waals surface area contributed by atoms with Crippen molar-refractivity contribution in [2.45, 2.75) is 86.5 Å². The highest BCUT2D eigenvalue weighted by Gasteiger charge is 2.59. The molecule has 0 amide bonds. The molecular weight excluding hydrogens is 837 g/mol. The molecule has 69 heavy (non-hydrogen) atoms. The van der Waals surface area contributed by atoms with Gasteiger partial charge >= 0.3 is 0 Å². The van der Waals surface area contributed by atoms with E-state index in [0.717, 1.165) is 34.1 Å². The summed E-state index contributed by atoms with van der Waals surface area (Å²) in [7, 11) is 0. The number of nitriles is 2. The van der Waals surface area contributed by atoms with Gasteiger partial charge in [0.25, 0.3) is 0 Å². The van der Waals surface area contributed by atoms with Gasteiger partial charge in [-0.3, -0.25) is 0 Å². The van der Waals surface area contributed by atoms with Crippen LogP contribution < -0.4 is 9.80 Å². The van der Waals surface area contributed by atoms with Crippen molar-refractivity contribution >= 4 is 66.4 Å². The van der Waals surface area contributed by atoms with Gasteiger partial charge < -0.3 is 9.80 Å². The van der Waals surface area contributed by atoms with E-state index in [2.05, 4.69) is 237 Å². The lowest BCUT2D eigenvalue weighted by molar-refractivity contribution is 0.0965. The van der Waals surface area contributed by atoms with E-state index in [1.165, 1.54) is 65.7 Å². The Morgan fingerprint density at radius 1 is 0.406 bits per heavy atom. The Morgan fingerprint density at radius 2 is 0.812 bits per heavy atom. The predicted molar refractivity (Wildman–Crippen MR) is 291 cm³/mol. The first kappa shape index (κ1) is 45.1. The first-order chi connectivity index (χ1) is 33.1. The largest absolute Gasteiger partial charge is 0.310 e. The van der Waals surface area contributed by atoms with Crippen molar-refractivity contribution in [1.29, 1.82) is 10.5 Å². The minimum atomic E-state index is -0.495. The molecule has 0 aromatic heterocycles. The molecule has 0 bridgehead atoms. The van der Waals surface area contributed by atoms with Crippen molar-refractivity contribution in [3.05, 3.63) is 203 Å². The fraction of sp³-hybridized carbons (Fsp3) is 0.231. The molecule has 1 aliphatic carbocycles. The second kappa shape index (κ2) is 16.8. The van der Waals surface area contributed by atoms with Gasteiger partial charge in [0.15, 0.2) is 0 Å². The van der Waals surface area contributed by atoms with Crippen LogP contribution in [0.25, 0.3) is 43.4 Å². The van der Waals surface area contributed by atoms with E-state index in [1.54, 1.807) is 0 Å². The molecule has 0 radical (unpaired) electrons. The molecule has 0 fully saturated rings. The van der Waals surface area contributed by atoms with E-state index in [1.807, 2.05) is 24.3 Å². The first-order valence-electron chi connectivity index (χ1n) is 24.4. The summed E-state index contributed by atoms with van der Waals surface area (Å²) >= 11 is 0. The normalized spacial score (nSPS) is 13.1. The average Bonchev–Trinajstić information content (AvgIpc) is 3.69. The summed E-state index contributed by atoms with van der Waals surface area (Å²) in [5.74, 6) is 0.812. The van der Waals surface area contributed by atoms with Crippen molar-refractivity contribution < 1.29 is 0 Å². The lowest BCUT2D eigenvalue weighted by atomic mass is 9.49. The van der Waals surface area contributed by atoms with Gasteiger partial charge in [-0.2, -0.15) is 10.5 Å². The van der Waals surface area contributed by atoms with E-state index in [9.17, 15) is 10.5 Å². The third-order valence-corrected chi connectivity index (χ3v) is 15.0. The summed E-state index contributed by atoms with van der Waals surface area (Å²) in [6.07, 6.45) is 0. The SMILES string of the molecule is CC(C)c1ccc(N(c2ccc(C#N)cc2)c2ccc3c4c(c5ccccc5c3c2)-c2c(cc(N(c3ccc(C#N)cc3)c3ccc(C(C)C)cc3)c3ccccc23)C4(C(C)(C)C)C(C)(C)C)cc1. The fourth-order valence-corrected chi connectivity index (χ4v) is 12.2. The second-order valence-electron chi connectivity index (χ2n) is 21.6. The topological polar surface area (TPSA) is 54.1 Å². The van der Waals surface area contributed by atoms with Crippen molar-refractivity contribution in [3.8, 4) is 23.3 Å². The first-order valence-corrected chi connectivity index (χ1v) is 24.4. The summed E-state index contributed by atoms with van der Waals surface area (Å²) in [5.41, 5.74) is 14.4. The van der Waals surface area contributed by atoms with Crippen LogP contribution in [0.4, 0.5) is 34.1 Å². The van der Waals surface area contributed by atoms with Gasteiger partial charge in [0.05, 0.1) is 29.0 Å². The molecule has 0 atom stereocenters. The van der Waals surface area contributed by atoms with E-state index in [4.69, 9.17) is 0 Å². The Morgan fingerprint density at radius 3 is 1.26 bits per heavy atom. The maximum Gasteiger partial charge on any atom is 0.0991 e. The Kier molecular flexibility index (Phi) is 11.0. The van der Waals surface area contributed by atoms with Crippen molar-refractivity contribution in [3.63, 3.8) is 0 Å². The van der Waals surface area contributed by atoms with Crippen LogP contribution in [0.2, 0.25) is 0 Å². The van der Waals surface area contributed by atoms with Gasteiger partial charge in [-0.25, -0.2) is 0 Å². The number of nitrogens with zero attached hydrogens (tertiary/aromatic N) is 4. The lowest BCUT2D eigenvalue weighted by Crippen LogP contribution is -2.50. The molecule has 10 rings (SSSR count). The van der Waals surface area contributed by atoms with Crippen LogP contribution in [-0.4, -0.2) is 0 Å². The number of anilines is 6. The molecule has 0 saturated carbocycles. The monoisotopic (exact) mass is 896 g/mol. The Balaban J connectivity index is 1.31. The van der Waals surface area contributed by atoms with Gasteiger partial charge in [-0.05, 0) is 174 Å². The highest BCUT2D eigenvalue weighted by atomic mass is 15.1. The number of fused-ring (bicyclic) bond motifs is 10. The molecule has 0 spiro atoms. The zero-order chi connectivity index (χ0) is 48.6.